The summed E-state index contributed by atoms with van der Waals surface area (Å²) in [6.45, 7) is 3.57. The SMILES string of the molecule is CCCC(N)c1cn(CCCOc2ccccc2)nn1. The van der Waals surface area contributed by atoms with E-state index in [1.54, 1.807) is 0 Å². The van der Waals surface area contributed by atoms with Gasteiger partial charge in [-0.25, -0.2) is 0 Å². The minimum Gasteiger partial charge on any atom is -0.494 e. The molecule has 0 aliphatic carbocycles. The van der Waals surface area contributed by atoms with Gasteiger partial charge in [0.2, 0.25) is 0 Å². The molecule has 0 radical (unpaired) electrons. The van der Waals surface area contributed by atoms with E-state index in [1.165, 1.54) is 0 Å². The summed E-state index contributed by atoms with van der Waals surface area (Å²) >= 11 is 0. The molecule has 1 aromatic heterocycles. The van der Waals surface area contributed by atoms with Gasteiger partial charge in [-0.05, 0) is 18.6 Å². The van der Waals surface area contributed by atoms with E-state index in [0.29, 0.717) is 6.61 Å². The highest BCUT2D eigenvalue weighted by Gasteiger charge is 2.09. The molecule has 20 heavy (non-hydrogen) atoms. The van der Waals surface area contributed by atoms with Crippen molar-refractivity contribution < 1.29 is 4.74 Å². The van der Waals surface area contributed by atoms with Crippen LogP contribution in [0.25, 0.3) is 0 Å². The molecular formula is C15H22N4O. The van der Waals surface area contributed by atoms with E-state index >= 15 is 0 Å². The lowest BCUT2D eigenvalue weighted by atomic mass is 10.1. The fourth-order valence-electron chi connectivity index (χ4n) is 1.98. The van der Waals surface area contributed by atoms with E-state index in [0.717, 1.165) is 37.3 Å². The zero-order chi connectivity index (χ0) is 14.2. The molecule has 2 N–H and O–H groups in total. The monoisotopic (exact) mass is 274 g/mol. The highest BCUT2D eigenvalue weighted by molar-refractivity contribution is 5.20. The van der Waals surface area contributed by atoms with Gasteiger partial charge in [0, 0.05) is 13.0 Å². The number of hydrogen-bond donors (Lipinski definition) is 1. The van der Waals surface area contributed by atoms with E-state index in [-0.39, 0.29) is 6.04 Å². The zero-order valence-electron chi connectivity index (χ0n) is 11.9. The molecule has 1 heterocycles. The van der Waals surface area contributed by atoms with Crippen LogP contribution in [0.1, 0.15) is 37.9 Å². The average Bonchev–Trinajstić information content (AvgIpc) is 2.94. The molecule has 0 fully saturated rings. The first-order valence-electron chi connectivity index (χ1n) is 7.13. The minimum absolute atomic E-state index is 0.00526. The molecule has 1 unspecified atom stereocenters. The predicted molar refractivity (Wildman–Crippen MR) is 78.4 cm³/mol. The minimum atomic E-state index is -0.00526. The molecule has 0 aliphatic heterocycles. The molecule has 0 saturated carbocycles. The van der Waals surface area contributed by atoms with Gasteiger partial charge in [0.1, 0.15) is 5.75 Å². The Kier molecular flexibility index (Phi) is 5.55. The summed E-state index contributed by atoms with van der Waals surface area (Å²) in [5, 5.41) is 8.21. The van der Waals surface area contributed by atoms with Crippen molar-refractivity contribution in [3.8, 4) is 5.75 Å². The van der Waals surface area contributed by atoms with Crippen LogP contribution in [0.4, 0.5) is 0 Å². The lowest BCUT2D eigenvalue weighted by Crippen LogP contribution is -2.10. The lowest BCUT2D eigenvalue weighted by Gasteiger charge is -2.06. The number of aryl methyl sites for hydroxylation is 1. The van der Waals surface area contributed by atoms with Gasteiger partial charge in [0.25, 0.3) is 0 Å². The van der Waals surface area contributed by atoms with Crippen LogP contribution in [0.15, 0.2) is 36.5 Å². The predicted octanol–water partition coefficient (Wildman–Crippen LogP) is 2.55. The van der Waals surface area contributed by atoms with Crippen molar-refractivity contribution >= 4 is 0 Å². The largest absolute Gasteiger partial charge is 0.494 e. The summed E-state index contributed by atoms with van der Waals surface area (Å²) in [6.07, 6.45) is 4.82. The van der Waals surface area contributed by atoms with E-state index in [2.05, 4.69) is 17.2 Å². The molecule has 5 heteroatoms. The molecule has 0 saturated heterocycles. The summed E-state index contributed by atoms with van der Waals surface area (Å²) in [5.74, 6) is 0.900. The maximum Gasteiger partial charge on any atom is 0.119 e. The first-order chi connectivity index (χ1) is 9.79. The van der Waals surface area contributed by atoms with Gasteiger partial charge in [-0.2, -0.15) is 0 Å². The normalized spacial score (nSPS) is 12.3. The first-order valence-corrected chi connectivity index (χ1v) is 7.13. The molecule has 0 spiro atoms. The first kappa shape index (κ1) is 14.5. The van der Waals surface area contributed by atoms with Gasteiger partial charge in [0.15, 0.2) is 0 Å². The van der Waals surface area contributed by atoms with E-state index in [4.69, 9.17) is 10.5 Å². The summed E-state index contributed by atoms with van der Waals surface area (Å²) in [7, 11) is 0. The standard InChI is InChI=1S/C15H22N4O/c1-2-7-14(16)15-12-19(18-17-15)10-6-11-20-13-8-4-3-5-9-13/h3-5,8-9,12,14H,2,6-7,10-11,16H2,1H3. The molecule has 1 aromatic carbocycles. The number of ether oxygens (including phenoxy) is 1. The van der Waals surface area contributed by atoms with Crippen molar-refractivity contribution in [2.24, 2.45) is 5.73 Å². The summed E-state index contributed by atoms with van der Waals surface area (Å²) in [4.78, 5) is 0. The number of para-hydroxylation sites is 1. The van der Waals surface area contributed by atoms with Crippen molar-refractivity contribution in [2.75, 3.05) is 6.61 Å². The Bertz CT molecular complexity index is 498. The smallest absolute Gasteiger partial charge is 0.119 e. The van der Waals surface area contributed by atoms with Crippen LogP contribution >= 0.6 is 0 Å². The Morgan fingerprint density at radius 2 is 2.10 bits per heavy atom. The average molecular weight is 274 g/mol. The van der Waals surface area contributed by atoms with Crippen LogP contribution in [-0.4, -0.2) is 21.6 Å². The second-order valence-corrected chi connectivity index (χ2v) is 4.82. The van der Waals surface area contributed by atoms with Gasteiger partial charge in [-0.15, -0.1) is 5.10 Å². The summed E-state index contributed by atoms with van der Waals surface area (Å²) in [5.41, 5.74) is 6.88. The number of aromatic nitrogens is 3. The number of rotatable bonds is 8. The molecule has 108 valence electrons. The van der Waals surface area contributed by atoms with Gasteiger partial charge in [-0.3, -0.25) is 4.68 Å². The maximum atomic E-state index is 6.01. The van der Waals surface area contributed by atoms with Crippen LogP contribution in [-0.2, 0) is 6.54 Å². The van der Waals surface area contributed by atoms with Crippen molar-refractivity contribution in [2.45, 2.75) is 38.8 Å². The van der Waals surface area contributed by atoms with Gasteiger partial charge < -0.3 is 10.5 Å². The van der Waals surface area contributed by atoms with Crippen molar-refractivity contribution in [3.63, 3.8) is 0 Å². The lowest BCUT2D eigenvalue weighted by molar-refractivity contribution is 0.298. The van der Waals surface area contributed by atoms with Crippen molar-refractivity contribution in [3.05, 3.63) is 42.2 Å². The van der Waals surface area contributed by atoms with Crippen LogP contribution in [0.5, 0.6) is 5.75 Å². The van der Waals surface area contributed by atoms with Crippen LogP contribution in [0, 0.1) is 0 Å². The fraction of sp³-hybridized carbons (Fsp3) is 0.467. The van der Waals surface area contributed by atoms with Crippen molar-refractivity contribution in [1.29, 1.82) is 0 Å². The Balaban J connectivity index is 1.72. The Labute approximate surface area is 119 Å². The molecule has 0 aliphatic rings. The van der Waals surface area contributed by atoms with E-state index in [9.17, 15) is 0 Å². The number of hydrogen-bond acceptors (Lipinski definition) is 4. The Morgan fingerprint density at radius 3 is 2.85 bits per heavy atom. The molecule has 2 aromatic rings. The number of nitrogens with two attached hydrogens (primary N) is 1. The third kappa shape index (κ3) is 4.35. The highest BCUT2D eigenvalue weighted by atomic mass is 16.5. The summed E-state index contributed by atoms with van der Waals surface area (Å²) < 4.78 is 7.47. The third-order valence-corrected chi connectivity index (χ3v) is 3.08. The molecule has 0 amide bonds. The van der Waals surface area contributed by atoms with Gasteiger partial charge in [0.05, 0.1) is 24.5 Å². The fourth-order valence-corrected chi connectivity index (χ4v) is 1.98. The summed E-state index contributed by atoms with van der Waals surface area (Å²) in [6, 6.07) is 9.81. The number of nitrogens with zero attached hydrogens (tertiary/aromatic N) is 3. The topological polar surface area (TPSA) is 66.0 Å². The molecule has 1 atom stereocenters. The number of benzene rings is 1. The molecule has 2 rings (SSSR count). The highest BCUT2D eigenvalue weighted by Crippen LogP contribution is 2.12. The quantitative estimate of drug-likeness (QED) is 0.751. The zero-order valence-corrected chi connectivity index (χ0v) is 11.9. The Hall–Kier alpha value is -1.88. The maximum absolute atomic E-state index is 6.01. The molecular weight excluding hydrogens is 252 g/mol. The van der Waals surface area contributed by atoms with E-state index in [1.807, 2.05) is 41.2 Å². The van der Waals surface area contributed by atoms with Crippen molar-refractivity contribution in [1.82, 2.24) is 15.0 Å². The third-order valence-electron chi connectivity index (χ3n) is 3.08. The van der Waals surface area contributed by atoms with Gasteiger partial charge in [-0.1, -0.05) is 36.8 Å². The van der Waals surface area contributed by atoms with Crippen LogP contribution < -0.4 is 10.5 Å². The second-order valence-electron chi connectivity index (χ2n) is 4.82. The van der Waals surface area contributed by atoms with Crippen LogP contribution in [0.3, 0.4) is 0 Å². The molecule has 0 bridgehead atoms. The van der Waals surface area contributed by atoms with E-state index < -0.39 is 0 Å². The second kappa shape index (κ2) is 7.65. The van der Waals surface area contributed by atoms with Crippen LogP contribution in [0.2, 0.25) is 0 Å². The molecule has 5 nitrogen and oxygen atoms in total. The van der Waals surface area contributed by atoms with Gasteiger partial charge >= 0.3 is 0 Å². The Morgan fingerprint density at radius 1 is 1.30 bits per heavy atom.